The summed E-state index contributed by atoms with van der Waals surface area (Å²) in [6.45, 7) is 3.01. The molecule has 0 bridgehead atoms. The Bertz CT molecular complexity index is 811. The van der Waals surface area contributed by atoms with Crippen molar-refractivity contribution < 1.29 is 14.0 Å². The molecule has 9 heteroatoms. The third-order valence-corrected chi connectivity index (χ3v) is 5.65. The molecule has 27 heavy (non-hydrogen) atoms. The van der Waals surface area contributed by atoms with Crippen molar-refractivity contribution >= 4 is 35.2 Å². The second-order valence-corrected chi connectivity index (χ2v) is 7.76. The van der Waals surface area contributed by atoms with Crippen LogP contribution in [-0.4, -0.2) is 51.2 Å². The maximum absolute atomic E-state index is 12.5. The summed E-state index contributed by atoms with van der Waals surface area (Å²) in [5.41, 5.74) is 1.01. The Kier molecular flexibility index (Phi) is 6.38. The highest BCUT2D eigenvalue weighted by atomic mass is 35.5. The van der Waals surface area contributed by atoms with E-state index in [1.54, 1.807) is 16.8 Å². The maximum Gasteiger partial charge on any atom is 0.277 e. The van der Waals surface area contributed by atoms with Crippen LogP contribution < -0.4 is 0 Å². The van der Waals surface area contributed by atoms with Crippen LogP contribution in [0.1, 0.15) is 37.3 Å². The summed E-state index contributed by atoms with van der Waals surface area (Å²) < 4.78 is 5.54. The van der Waals surface area contributed by atoms with E-state index in [0.29, 0.717) is 29.1 Å². The molecular formula is C18H21ClN4O3S. The summed E-state index contributed by atoms with van der Waals surface area (Å²) >= 11 is 7.11. The third kappa shape index (κ3) is 5.01. The first-order valence-electron chi connectivity index (χ1n) is 8.68. The van der Waals surface area contributed by atoms with Crippen molar-refractivity contribution in [2.24, 2.45) is 0 Å². The minimum absolute atomic E-state index is 0.0445. The Morgan fingerprint density at radius 1 is 1.37 bits per heavy atom. The molecule has 0 N–H and O–H groups in total. The molecule has 2 amide bonds. The quantitative estimate of drug-likeness (QED) is 0.655. The fourth-order valence-corrected chi connectivity index (χ4v) is 3.63. The first kappa shape index (κ1) is 19.7. The molecule has 0 aliphatic carbocycles. The van der Waals surface area contributed by atoms with E-state index in [-0.39, 0.29) is 23.6 Å². The fourth-order valence-electron chi connectivity index (χ4n) is 2.80. The van der Waals surface area contributed by atoms with Crippen LogP contribution in [0, 0.1) is 0 Å². The van der Waals surface area contributed by atoms with Crippen molar-refractivity contribution in [3.8, 4) is 0 Å². The number of nitrogens with zero attached hydrogens (tertiary/aromatic N) is 4. The SMILES string of the molecule is CC(c1ccc(Cl)cc1)N(C)C(=O)CSc1nnc(CN2CCCC2=O)o1. The van der Waals surface area contributed by atoms with Crippen LogP contribution >= 0.6 is 23.4 Å². The van der Waals surface area contributed by atoms with Crippen molar-refractivity contribution in [3.05, 3.63) is 40.7 Å². The lowest BCUT2D eigenvalue weighted by molar-refractivity contribution is -0.129. The largest absolute Gasteiger partial charge is 0.414 e. The van der Waals surface area contributed by atoms with Gasteiger partial charge < -0.3 is 14.2 Å². The lowest BCUT2D eigenvalue weighted by atomic mass is 10.1. The van der Waals surface area contributed by atoms with E-state index in [4.69, 9.17) is 16.0 Å². The molecule has 144 valence electrons. The van der Waals surface area contributed by atoms with Gasteiger partial charge in [0, 0.05) is 25.0 Å². The highest BCUT2D eigenvalue weighted by molar-refractivity contribution is 7.99. The average Bonchev–Trinajstić information content (AvgIpc) is 3.28. The number of aromatic nitrogens is 2. The topological polar surface area (TPSA) is 79.5 Å². The van der Waals surface area contributed by atoms with Gasteiger partial charge in [0.15, 0.2) is 0 Å². The van der Waals surface area contributed by atoms with Gasteiger partial charge in [-0.1, -0.05) is 35.5 Å². The van der Waals surface area contributed by atoms with Crippen molar-refractivity contribution in [2.45, 2.75) is 37.6 Å². The molecule has 1 unspecified atom stereocenters. The highest BCUT2D eigenvalue weighted by Gasteiger charge is 2.23. The summed E-state index contributed by atoms with van der Waals surface area (Å²) in [6, 6.07) is 7.37. The number of hydrogen-bond donors (Lipinski definition) is 0. The number of thioether (sulfide) groups is 1. The standard InChI is InChI=1S/C18H21ClN4O3S/c1-12(13-5-7-14(19)8-6-13)22(2)17(25)11-27-18-21-20-15(26-18)10-23-9-3-4-16(23)24/h5-8,12H,3-4,9-11H2,1-2H3. The van der Waals surface area contributed by atoms with Crippen molar-refractivity contribution in [1.29, 1.82) is 0 Å². The van der Waals surface area contributed by atoms with Crippen LogP contribution in [0.15, 0.2) is 33.9 Å². The molecule has 1 aromatic heterocycles. The normalized spacial score (nSPS) is 15.2. The Hall–Kier alpha value is -2.06. The van der Waals surface area contributed by atoms with Crippen LogP contribution in [0.25, 0.3) is 0 Å². The van der Waals surface area contributed by atoms with Crippen molar-refractivity contribution in [1.82, 2.24) is 20.0 Å². The van der Waals surface area contributed by atoms with Gasteiger partial charge in [0.1, 0.15) is 0 Å². The van der Waals surface area contributed by atoms with Crippen molar-refractivity contribution in [3.63, 3.8) is 0 Å². The van der Waals surface area contributed by atoms with Gasteiger partial charge in [-0.15, -0.1) is 10.2 Å². The highest BCUT2D eigenvalue weighted by Crippen LogP contribution is 2.23. The number of halogens is 1. The molecule has 1 atom stereocenters. The van der Waals surface area contributed by atoms with Gasteiger partial charge in [-0.25, -0.2) is 0 Å². The Morgan fingerprint density at radius 3 is 2.78 bits per heavy atom. The number of rotatable bonds is 7. The van der Waals surface area contributed by atoms with E-state index >= 15 is 0 Å². The lowest BCUT2D eigenvalue weighted by Gasteiger charge is -2.25. The van der Waals surface area contributed by atoms with Crippen LogP contribution in [0.4, 0.5) is 0 Å². The molecule has 2 heterocycles. The first-order chi connectivity index (χ1) is 12.9. The van der Waals surface area contributed by atoms with Crippen molar-refractivity contribution in [2.75, 3.05) is 19.3 Å². The number of benzene rings is 1. The monoisotopic (exact) mass is 408 g/mol. The van der Waals surface area contributed by atoms with E-state index in [0.717, 1.165) is 18.5 Å². The number of carbonyl (C=O) groups is 2. The second-order valence-electron chi connectivity index (χ2n) is 6.40. The number of hydrogen-bond acceptors (Lipinski definition) is 6. The lowest BCUT2D eigenvalue weighted by Crippen LogP contribution is -2.31. The number of carbonyl (C=O) groups excluding carboxylic acids is 2. The summed E-state index contributed by atoms with van der Waals surface area (Å²) in [5.74, 6) is 0.647. The number of amides is 2. The van der Waals surface area contributed by atoms with E-state index in [9.17, 15) is 9.59 Å². The number of likely N-dealkylation sites (tertiary alicyclic amines) is 1. The molecule has 0 spiro atoms. The minimum Gasteiger partial charge on any atom is -0.414 e. The predicted molar refractivity (Wildman–Crippen MR) is 102 cm³/mol. The van der Waals surface area contributed by atoms with Crippen LogP contribution in [0.2, 0.25) is 5.02 Å². The smallest absolute Gasteiger partial charge is 0.277 e. The summed E-state index contributed by atoms with van der Waals surface area (Å²) in [6.07, 6.45) is 1.43. The first-order valence-corrected chi connectivity index (χ1v) is 10.0. The van der Waals surface area contributed by atoms with Gasteiger partial charge >= 0.3 is 0 Å². The van der Waals surface area contributed by atoms with Crippen LogP contribution in [-0.2, 0) is 16.1 Å². The molecule has 1 aliphatic rings. The van der Waals surface area contributed by atoms with Gasteiger partial charge in [0.2, 0.25) is 17.7 Å². The van der Waals surface area contributed by atoms with Gasteiger partial charge in [-0.3, -0.25) is 9.59 Å². The van der Waals surface area contributed by atoms with Gasteiger partial charge in [0.05, 0.1) is 18.3 Å². The molecule has 1 fully saturated rings. The average molecular weight is 409 g/mol. The van der Waals surface area contributed by atoms with Gasteiger partial charge in [0.25, 0.3) is 5.22 Å². The fraction of sp³-hybridized carbons (Fsp3) is 0.444. The molecule has 1 aromatic carbocycles. The van der Waals surface area contributed by atoms with E-state index in [2.05, 4.69) is 10.2 Å². The van der Waals surface area contributed by atoms with E-state index in [1.165, 1.54) is 11.8 Å². The van der Waals surface area contributed by atoms with Crippen LogP contribution in [0.3, 0.4) is 0 Å². The molecular weight excluding hydrogens is 388 g/mol. The van der Waals surface area contributed by atoms with Crippen LogP contribution in [0.5, 0.6) is 0 Å². The second kappa shape index (κ2) is 8.75. The Balaban J connectivity index is 1.51. The zero-order valence-corrected chi connectivity index (χ0v) is 16.8. The molecule has 2 aromatic rings. The Morgan fingerprint density at radius 2 is 2.11 bits per heavy atom. The van der Waals surface area contributed by atoms with Gasteiger partial charge in [-0.2, -0.15) is 0 Å². The Labute approximate surface area is 167 Å². The molecule has 0 saturated carbocycles. The predicted octanol–water partition coefficient (Wildman–Crippen LogP) is 3.16. The third-order valence-electron chi connectivity index (χ3n) is 4.59. The summed E-state index contributed by atoms with van der Waals surface area (Å²) in [7, 11) is 1.76. The van der Waals surface area contributed by atoms with E-state index in [1.807, 2.05) is 31.2 Å². The molecule has 1 saturated heterocycles. The molecule has 3 rings (SSSR count). The maximum atomic E-state index is 12.5. The summed E-state index contributed by atoms with van der Waals surface area (Å²) in [5, 5.41) is 8.91. The molecule has 1 aliphatic heterocycles. The molecule has 0 radical (unpaired) electrons. The minimum atomic E-state index is -0.0743. The zero-order chi connectivity index (χ0) is 19.4. The summed E-state index contributed by atoms with van der Waals surface area (Å²) in [4.78, 5) is 27.5. The zero-order valence-electron chi connectivity index (χ0n) is 15.2. The molecule has 7 nitrogen and oxygen atoms in total. The van der Waals surface area contributed by atoms with Gasteiger partial charge in [-0.05, 0) is 31.0 Å². The van der Waals surface area contributed by atoms with E-state index < -0.39 is 0 Å².